The molecule has 6 heteroatoms. The van der Waals surface area contributed by atoms with Crippen molar-refractivity contribution in [2.24, 2.45) is 5.92 Å². The van der Waals surface area contributed by atoms with Crippen LogP contribution in [0.3, 0.4) is 0 Å². The van der Waals surface area contributed by atoms with Gasteiger partial charge in [0.15, 0.2) is 0 Å². The first-order valence-corrected chi connectivity index (χ1v) is 9.18. The third-order valence-electron chi connectivity index (χ3n) is 5.14. The van der Waals surface area contributed by atoms with Gasteiger partial charge in [0.25, 0.3) is 0 Å². The summed E-state index contributed by atoms with van der Waals surface area (Å²) in [6.45, 7) is 4.11. The Kier molecular flexibility index (Phi) is 4.85. The maximum atomic E-state index is 13.2. The molecule has 1 saturated heterocycles. The average molecular weight is 372 g/mol. The Hall–Kier alpha value is -3.54. The molecule has 3 aromatic rings. The first-order valence-electron chi connectivity index (χ1n) is 9.18. The van der Waals surface area contributed by atoms with E-state index in [9.17, 15) is 9.59 Å². The normalized spacial score (nSPS) is 18.8. The van der Waals surface area contributed by atoms with Crippen LogP contribution in [0.15, 0.2) is 73.4 Å². The van der Waals surface area contributed by atoms with E-state index in [1.165, 1.54) is 6.08 Å². The first kappa shape index (κ1) is 17.9. The number of aromatic nitrogens is 2. The quantitative estimate of drug-likeness (QED) is 0.713. The number of hydrogen-bond acceptors (Lipinski definition) is 4. The summed E-state index contributed by atoms with van der Waals surface area (Å²) in [5, 5.41) is 11.9. The predicted octanol–water partition coefficient (Wildman–Crippen LogP) is 3.34. The maximum absolute atomic E-state index is 13.2. The third-order valence-corrected chi connectivity index (χ3v) is 5.14. The smallest absolute Gasteiger partial charge is 0.246 e. The van der Waals surface area contributed by atoms with Gasteiger partial charge < -0.3 is 10.2 Å². The van der Waals surface area contributed by atoms with Crippen LogP contribution in [0.1, 0.15) is 18.0 Å². The second-order valence-corrected chi connectivity index (χ2v) is 6.75. The summed E-state index contributed by atoms with van der Waals surface area (Å²) >= 11 is 0. The predicted molar refractivity (Wildman–Crippen MR) is 107 cm³/mol. The first-order chi connectivity index (χ1) is 13.7. The molecule has 140 valence electrons. The molecule has 1 aliphatic heterocycles. The SMILES string of the molecule is C=CC(=O)N1CC[C@H](C(=O)Nc2cnnc3ccccc23)[C@H]1c1ccccc1. The molecule has 6 nitrogen and oxygen atoms in total. The fourth-order valence-corrected chi connectivity index (χ4v) is 3.83. The molecule has 0 unspecified atom stereocenters. The van der Waals surface area contributed by atoms with E-state index in [0.717, 1.165) is 16.5 Å². The molecule has 2 aromatic carbocycles. The van der Waals surface area contributed by atoms with Crippen molar-refractivity contribution in [3.05, 3.63) is 79.0 Å². The Morgan fingerprint density at radius 3 is 2.64 bits per heavy atom. The topological polar surface area (TPSA) is 75.2 Å². The van der Waals surface area contributed by atoms with Gasteiger partial charge in [0.05, 0.1) is 29.4 Å². The summed E-state index contributed by atoms with van der Waals surface area (Å²) in [5.41, 5.74) is 2.28. The highest BCUT2D eigenvalue weighted by atomic mass is 16.2. The zero-order valence-electron chi connectivity index (χ0n) is 15.3. The van der Waals surface area contributed by atoms with Crippen LogP contribution in [0.5, 0.6) is 0 Å². The van der Waals surface area contributed by atoms with Gasteiger partial charge in [-0.25, -0.2) is 0 Å². The number of benzene rings is 2. The molecular formula is C22H20N4O2. The van der Waals surface area contributed by atoms with E-state index >= 15 is 0 Å². The molecular weight excluding hydrogens is 352 g/mol. The maximum Gasteiger partial charge on any atom is 0.246 e. The van der Waals surface area contributed by atoms with Crippen LogP contribution in [-0.2, 0) is 9.59 Å². The van der Waals surface area contributed by atoms with Gasteiger partial charge in [-0.3, -0.25) is 9.59 Å². The molecule has 1 aliphatic rings. The molecule has 4 rings (SSSR count). The second-order valence-electron chi connectivity index (χ2n) is 6.75. The standard InChI is InChI=1S/C22H20N4O2/c1-2-20(27)26-13-12-17(21(26)15-8-4-3-5-9-15)22(28)24-19-14-23-25-18-11-7-6-10-16(18)19/h2-11,14,17,21H,1,12-13H2,(H,24,25,28)/t17-,21+/m0/s1. The Balaban J connectivity index is 1.65. The van der Waals surface area contributed by atoms with Gasteiger partial charge in [0.1, 0.15) is 0 Å². The Labute approximate surface area is 162 Å². The number of hydrogen-bond donors (Lipinski definition) is 1. The Morgan fingerprint density at radius 2 is 1.86 bits per heavy atom. The van der Waals surface area contributed by atoms with Crippen LogP contribution in [0.4, 0.5) is 5.69 Å². The molecule has 2 amide bonds. The highest BCUT2D eigenvalue weighted by Gasteiger charge is 2.41. The minimum atomic E-state index is -0.363. The van der Waals surface area contributed by atoms with Gasteiger partial charge in [-0.1, -0.05) is 55.1 Å². The monoisotopic (exact) mass is 372 g/mol. The number of likely N-dealkylation sites (tertiary alicyclic amines) is 1. The van der Waals surface area contributed by atoms with Crippen LogP contribution in [0.2, 0.25) is 0 Å². The summed E-state index contributed by atoms with van der Waals surface area (Å²) in [7, 11) is 0. The van der Waals surface area contributed by atoms with Crippen molar-refractivity contribution in [2.75, 3.05) is 11.9 Å². The number of carbonyl (C=O) groups excluding carboxylic acids is 2. The summed E-state index contributed by atoms with van der Waals surface area (Å²) in [4.78, 5) is 27.3. The number of fused-ring (bicyclic) bond motifs is 1. The minimum absolute atomic E-state index is 0.133. The van der Waals surface area contributed by atoms with Gasteiger partial charge in [-0.15, -0.1) is 0 Å². The molecule has 1 N–H and O–H groups in total. The highest BCUT2D eigenvalue weighted by Crippen LogP contribution is 2.38. The lowest BCUT2D eigenvalue weighted by atomic mass is 9.92. The van der Waals surface area contributed by atoms with Crippen molar-refractivity contribution >= 4 is 28.4 Å². The van der Waals surface area contributed by atoms with E-state index < -0.39 is 0 Å². The molecule has 0 saturated carbocycles. The molecule has 2 heterocycles. The van der Waals surface area contributed by atoms with Crippen molar-refractivity contribution in [3.63, 3.8) is 0 Å². The number of nitrogens with zero attached hydrogens (tertiary/aromatic N) is 3. The van der Waals surface area contributed by atoms with E-state index in [2.05, 4.69) is 22.1 Å². The fraction of sp³-hybridized carbons (Fsp3) is 0.182. The van der Waals surface area contributed by atoms with Crippen LogP contribution in [-0.4, -0.2) is 33.5 Å². The van der Waals surface area contributed by atoms with Crippen molar-refractivity contribution in [1.82, 2.24) is 15.1 Å². The third kappa shape index (κ3) is 3.24. The van der Waals surface area contributed by atoms with Gasteiger partial charge >= 0.3 is 0 Å². The van der Waals surface area contributed by atoms with E-state index in [1.54, 1.807) is 11.1 Å². The summed E-state index contributed by atoms with van der Waals surface area (Å²) < 4.78 is 0. The number of amides is 2. The molecule has 2 atom stereocenters. The minimum Gasteiger partial charge on any atom is -0.331 e. The van der Waals surface area contributed by atoms with Gasteiger partial charge in [-0.2, -0.15) is 10.2 Å². The Bertz CT molecular complexity index is 1030. The van der Waals surface area contributed by atoms with Crippen LogP contribution in [0, 0.1) is 5.92 Å². The van der Waals surface area contributed by atoms with Gasteiger partial charge in [-0.05, 0) is 24.1 Å². The highest BCUT2D eigenvalue weighted by molar-refractivity contribution is 6.02. The van der Waals surface area contributed by atoms with E-state index in [-0.39, 0.29) is 23.8 Å². The van der Waals surface area contributed by atoms with Crippen molar-refractivity contribution in [1.29, 1.82) is 0 Å². The lowest BCUT2D eigenvalue weighted by Crippen LogP contribution is -2.34. The van der Waals surface area contributed by atoms with Crippen LogP contribution in [0.25, 0.3) is 10.9 Å². The lowest BCUT2D eigenvalue weighted by Gasteiger charge is -2.27. The van der Waals surface area contributed by atoms with Crippen LogP contribution < -0.4 is 5.32 Å². The molecule has 0 spiro atoms. The van der Waals surface area contributed by atoms with Gasteiger partial charge in [0.2, 0.25) is 11.8 Å². The van der Waals surface area contributed by atoms with E-state index in [1.807, 2.05) is 54.6 Å². The average Bonchev–Trinajstić information content (AvgIpc) is 3.19. The molecule has 0 aliphatic carbocycles. The van der Waals surface area contributed by atoms with Crippen molar-refractivity contribution < 1.29 is 9.59 Å². The number of carbonyl (C=O) groups is 2. The molecule has 28 heavy (non-hydrogen) atoms. The molecule has 1 fully saturated rings. The second kappa shape index (κ2) is 7.60. The molecule has 1 aromatic heterocycles. The van der Waals surface area contributed by atoms with Crippen molar-refractivity contribution in [2.45, 2.75) is 12.5 Å². The summed E-state index contributed by atoms with van der Waals surface area (Å²) in [5.74, 6) is -0.662. The lowest BCUT2D eigenvalue weighted by molar-refractivity contribution is -0.128. The zero-order chi connectivity index (χ0) is 19.5. The summed E-state index contributed by atoms with van der Waals surface area (Å²) in [6.07, 6.45) is 3.44. The summed E-state index contributed by atoms with van der Waals surface area (Å²) in [6, 6.07) is 16.8. The fourth-order valence-electron chi connectivity index (χ4n) is 3.83. The number of rotatable bonds is 4. The van der Waals surface area contributed by atoms with E-state index in [4.69, 9.17) is 0 Å². The number of nitrogens with one attached hydrogen (secondary N) is 1. The van der Waals surface area contributed by atoms with E-state index in [0.29, 0.717) is 18.7 Å². The Morgan fingerprint density at radius 1 is 1.11 bits per heavy atom. The number of anilines is 1. The largest absolute Gasteiger partial charge is 0.331 e. The molecule has 0 radical (unpaired) electrons. The van der Waals surface area contributed by atoms with Crippen LogP contribution >= 0.6 is 0 Å². The zero-order valence-corrected chi connectivity index (χ0v) is 15.3. The molecule has 0 bridgehead atoms. The van der Waals surface area contributed by atoms with Gasteiger partial charge in [0, 0.05) is 11.9 Å². The van der Waals surface area contributed by atoms with Crippen molar-refractivity contribution in [3.8, 4) is 0 Å².